The first-order chi connectivity index (χ1) is 13.7. The van der Waals surface area contributed by atoms with Crippen molar-refractivity contribution in [2.45, 2.75) is 19.6 Å². The van der Waals surface area contributed by atoms with Crippen LogP contribution in [0.1, 0.15) is 16.8 Å². The molecule has 0 spiro atoms. The third-order valence-corrected chi connectivity index (χ3v) is 4.69. The van der Waals surface area contributed by atoms with E-state index in [1.54, 1.807) is 20.5 Å². The second kappa shape index (κ2) is 10.0. The van der Waals surface area contributed by atoms with Gasteiger partial charge in [0.2, 0.25) is 0 Å². The number of halogens is 1. The minimum absolute atomic E-state index is 0.408. The molecule has 0 atom stereocenters. The Labute approximate surface area is 171 Å². The number of hydrogen-bond donors (Lipinski definition) is 2. The summed E-state index contributed by atoms with van der Waals surface area (Å²) >= 11 is 3.51. The molecule has 8 nitrogen and oxygen atoms in total. The molecule has 0 amide bonds. The molecule has 3 aromatic rings. The third-order valence-electron chi connectivity index (χ3n) is 4.07. The summed E-state index contributed by atoms with van der Waals surface area (Å²) in [5.74, 6) is 2.30. The van der Waals surface area contributed by atoms with Crippen LogP contribution in [0.25, 0.3) is 0 Å². The second-order valence-electron chi connectivity index (χ2n) is 6.01. The lowest BCUT2D eigenvalue weighted by atomic mass is 10.1. The summed E-state index contributed by atoms with van der Waals surface area (Å²) in [5, 5.41) is 10.5. The average molecular weight is 448 g/mol. The zero-order valence-corrected chi connectivity index (χ0v) is 17.3. The van der Waals surface area contributed by atoms with E-state index in [1.807, 2.05) is 12.1 Å². The van der Waals surface area contributed by atoms with Crippen molar-refractivity contribution in [1.82, 2.24) is 15.1 Å². The Bertz CT molecular complexity index is 903. The molecule has 0 aliphatic rings. The van der Waals surface area contributed by atoms with E-state index in [-0.39, 0.29) is 0 Å². The van der Waals surface area contributed by atoms with Gasteiger partial charge in [0.1, 0.15) is 35.7 Å². The molecule has 0 unspecified atom stereocenters. The van der Waals surface area contributed by atoms with Crippen LogP contribution in [0, 0.1) is 0 Å². The molecule has 0 saturated carbocycles. The van der Waals surface area contributed by atoms with Gasteiger partial charge in [-0.3, -0.25) is 0 Å². The maximum Gasteiger partial charge on any atom is 0.133 e. The number of aromatic nitrogens is 3. The van der Waals surface area contributed by atoms with Crippen LogP contribution in [-0.2, 0) is 24.3 Å². The molecular weight excluding hydrogens is 426 g/mol. The largest absolute Gasteiger partial charge is 0.496 e. The van der Waals surface area contributed by atoms with E-state index < -0.39 is 0 Å². The van der Waals surface area contributed by atoms with Gasteiger partial charge in [-0.15, -0.1) is 0 Å². The van der Waals surface area contributed by atoms with E-state index in [1.165, 1.54) is 11.9 Å². The summed E-state index contributed by atoms with van der Waals surface area (Å²) < 4.78 is 16.3. The summed E-state index contributed by atoms with van der Waals surface area (Å²) in [5.41, 5.74) is 2.90. The minimum Gasteiger partial charge on any atom is -0.496 e. The van der Waals surface area contributed by atoms with Gasteiger partial charge < -0.3 is 24.6 Å². The van der Waals surface area contributed by atoms with Crippen LogP contribution in [0.2, 0.25) is 0 Å². The maximum absolute atomic E-state index is 5.25. The minimum atomic E-state index is 0.408. The monoisotopic (exact) mass is 447 g/mol. The van der Waals surface area contributed by atoms with Crippen LogP contribution >= 0.6 is 15.9 Å². The van der Waals surface area contributed by atoms with Gasteiger partial charge in [0.25, 0.3) is 0 Å². The molecule has 0 aliphatic carbocycles. The fourth-order valence-electron chi connectivity index (χ4n) is 2.62. The zero-order chi connectivity index (χ0) is 19.8. The topological polar surface area (TPSA) is 94.3 Å². The Hall–Kier alpha value is -2.65. The van der Waals surface area contributed by atoms with Gasteiger partial charge in [-0.2, -0.15) is 0 Å². The van der Waals surface area contributed by atoms with Crippen molar-refractivity contribution < 1.29 is 14.0 Å². The Morgan fingerprint density at radius 2 is 1.93 bits per heavy atom. The van der Waals surface area contributed by atoms with Crippen molar-refractivity contribution in [2.75, 3.05) is 31.4 Å². The highest BCUT2D eigenvalue weighted by Gasteiger charge is 2.08. The first kappa shape index (κ1) is 20.1. The van der Waals surface area contributed by atoms with Crippen molar-refractivity contribution in [1.29, 1.82) is 0 Å². The molecule has 2 aromatic heterocycles. The lowest BCUT2D eigenvalue weighted by molar-refractivity contribution is 0.176. The van der Waals surface area contributed by atoms with Crippen molar-refractivity contribution in [3.8, 4) is 5.75 Å². The number of hydrogen-bond acceptors (Lipinski definition) is 8. The van der Waals surface area contributed by atoms with Gasteiger partial charge in [-0.05, 0) is 40.0 Å². The number of rotatable bonds is 10. The van der Waals surface area contributed by atoms with E-state index in [0.717, 1.165) is 40.3 Å². The van der Waals surface area contributed by atoms with Crippen molar-refractivity contribution >= 4 is 27.6 Å². The van der Waals surface area contributed by atoms with Crippen LogP contribution < -0.4 is 15.4 Å². The molecule has 2 heterocycles. The predicted octanol–water partition coefficient (Wildman–Crippen LogP) is 3.65. The number of anilines is 2. The van der Waals surface area contributed by atoms with Crippen LogP contribution in [0.5, 0.6) is 5.75 Å². The van der Waals surface area contributed by atoms with E-state index in [9.17, 15) is 0 Å². The molecule has 3 rings (SSSR count). The fraction of sp³-hybridized carbons (Fsp3) is 0.316. The molecule has 0 fully saturated rings. The molecule has 148 valence electrons. The quantitative estimate of drug-likeness (QED) is 0.486. The molecule has 0 bridgehead atoms. The summed E-state index contributed by atoms with van der Waals surface area (Å²) in [6.45, 7) is 1.70. The standard InChI is InChI=1S/C19H22BrN5O3/c1-26-11-16-14(10-28-25-16)9-22-19-8-18(23-12-24-19)21-6-5-13-3-4-17(27-2)15(20)7-13/h3-4,7-8,10,12H,5-6,9,11H2,1-2H3,(H2,21,22,23,24). The molecule has 1 aromatic carbocycles. The second-order valence-corrected chi connectivity index (χ2v) is 6.86. The van der Waals surface area contributed by atoms with Gasteiger partial charge in [0.05, 0.1) is 18.2 Å². The van der Waals surface area contributed by atoms with Crippen molar-refractivity contribution in [3.05, 3.63) is 58.1 Å². The number of nitrogens with zero attached hydrogens (tertiary/aromatic N) is 3. The summed E-state index contributed by atoms with van der Waals surface area (Å²) in [7, 11) is 3.28. The zero-order valence-electron chi connectivity index (χ0n) is 15.7. The number of ether oxygens (including phenoxy) is 2. The molecule has 0 radical (unpaired) electrons. The van der Waals surface area contributed by atoms with Gasteiger partial charge in [-0.25, -0.2) is 9.97 Å². The summed E-state index contributed by atoms with van der Waals surface area (Å²) in [6, 6.07) is 7.93. The Morgan fingerprint density at radius 1 is 1.11 bits per heavy atom. The average Bonchev–Trinajstić information content (AvgIpc) is 3.14. The van der Waals surface area contributed by atoms with Crippen LogP contribution in [-0.4, -0.2) is 35.9 Å². The fourth-order valence-corrected chi connectivity index (χ4v) is 3.20. The van der Waals surface area contributed by atoms with Gasteiger partial charge >= 0.3 is 0 Å². The molecule has 0 aliphatic heterocycles. The normalized spacial score (nSPS) is 10.7. The number of methoxy groups -OCH3 is 2. The van der Waals surface area contributed by atoms with E-state index in [4.69, 9.17) is 14.0 Å². The smallest absolute Gasteiger partial charge is 0.133 e. The van der Waals surface area contributed by atoms with E-state index in [2.05, 4.69) is 53.8 Å². The Kier molecular flexibility index (Phi) is 7.21. The lowest BCUT2D eigenvalue weighted by Crippen LogP contribution is -2.08. The van der Waals surface area contributed by atoms with Crippen LogP contribution in [0.4, 0.5) is 11.6 Å². The first-order valence-electron chi connectivity index (χ1n) is 8.73. The number of nitrogens with one attached hydrogen (secondary N) is 2. The first-order valence-corrected chi connectivity index (χ1v) is 9.52. The highest BCUT2D eigenvalue weighted by molar-refractivity contribution is 9.10. The molecule has 2 N–H and O–H groups in total. The van der Waals surface area contributed by atoms with Crippen LogP contribution in [0.3, 0.4) is 0 Å². The number of benzene rings is 1. The molecule has 9 heteroatoms. The summed E-state index contributed by atoms with van der Waals surface area (Å²) in [4.78, 5) is 8.51. The molecule has 28 heavy (non-hydrogen) atoms. The Balaban J connectivity index is 1.52. The van der Waals surface area contributed by atoms with Gasteiger partial charge in [0.15, 0.2) is 0 Å². The lowest BCUT2D eigenvalue weighted by Gasteiger charge is -2.09. The van der Waals surface area contributed by atoms with E-state index >= 15 is 0 Å². The third kappa shape index (κ3) is 5.43. The molecular formula is C19H22BrN5O3. The van der Waals surface area contributed by atoms with Crippen molar-refractivity contribution in [2.24, 2.45) is 0 Å². The van der Waals surface area contributed by atoms with Crippen LogP contribution in [0.15, 0.2) is 45.9 Å². The Morgan fingerprint density at radius 3 is 2.68 bits per heavy atom. The predicted molar refractivity (Wildman–Crippen MR) is 109 cm³/mol. The highest BCUT2D eigenvalue weighted by atomic mass is 79.9. The summed E-state index contributed by atoms with van der Waals surface area (Å²) in [6.07, 6.45) is 3.99. The van der Waals surface area contributed by atoms with E-state index in [0.29, 0.717) is 19.0 Å². The SMILES string of the molecule is COCc1nocc1CNc1cc(NCCc2ccc(OC)c(Br)c2)ncn1. The van der Waals surface area contributed by atoms with Crippen molar-refractivity contribution in [3.63, 3.8) is 0 Å². The van der Waals surface area contributed by atoms with Gasteiger partial charge in [0, 0.05) is 31.8 Å². The van der Waals surface area contributed by atoms with Gasteiger partial charge in [-0.1, -0.05) is 11.2 Å². The maximum atomic E-state index is 5.25. The highest BCUT2D eigenvalue weighted by Crippen LogP contribution is 2.25. The molecule has 0 saturated heterocycles.